The number of carbonyl (C=O) groups excluding carboxylic acids is 1. The third kappa shape index (κ3) is 3.62. The zero-order valence-corrected chi connectivity index (χ0v) is 15.1. The lowest BCUT2D eigenvalue weighted by molar-refractivity contribution is -0.128. The van der Waals surface area contributed by atoms with Gasteiger partial charge in [0.15, 0.2) is 5.78 Å². The molecule has 1 aromatic heterocycles. The summed E-state index contributed by atoms with van der Waals surface area (Å²) in [7, 11) is 1.49. The Morgan fingerprint density at radius 1 is 1.40 bits per heavy atom. The summed E-state index contributed by atoms with van der Waals surface area (Å²) in [4.78, 5) is 16.6. The summed E-state index contributed by atoms with van der Waals surface area (Å²) < 4.78 is 19.5. The molecule has 0 bridgehead atoms. The van der Waals surface area contributed by atoms with Crippen molar-refractivity contribution < 1.29 is 13.9 Å². The van der Waals surface area contributed by atoms with Gasteiger partial charge in [-0.25, -0.2) is 4.39 Å². The van der Waals surface area contributed by atoms with Crippen molar-refractivity contribution in [1.29, 1.82) is 5.26 Å². The van der Waals surface area contributed by atoms with Crippen LogP contribution in [0, 0.1) is 40.3 Å². The van der Waals surface area contributed by atoms with Crippen LogP contribution in [0.25, 0.3) is 0 Å². The number of allylic oxidation sites excluding steroid dienone is 1. The van der Waals surface area contributed by atoms with Crippen LogP contribution in [0.5, 0.6) is 0 Å². The number of ketones is 1. The molecule has 1 atom stereocenters. The number of aromatic nitrogens is 1. The third-order valence-electron chi connectivity index (χ3n) is 4.18. The number of methoxy groups -OCH3 is 1. The van der Waals surface area contributed by atoms with Gasteiger partial charge >= 0.3 is 0 Å². The lowest BCUT2D eigenvalue weighted by Gasteiger charge is -2.40. The number of carbonyl (C=O) groups is 1. The van der Waals surface area contributed by atoms with Crippen LogP contribution in [0.2, 0.25) is 0 Å². The monoisotopic (exact) mass is 340 g/mol. The molecule has 0 fully saturated rings. The summed E-state index contributed by atoms with van der Waals surface area (Å²) in [5.74, 6) is 5.31. The van der Waals surface area contributed by atoms with Gasteiger partial charge in [-0.15, -0.1) is 0 Å². The molecule has 1 heterocycles. The van der Waals surface area contributed by atoms with E-state index in [1.54, 1.807) is 13.8 Å². The number of hydrogen-bond donors (Lipinski definition) is 0. The number of rotatable bonds is 2. The van der Waals surface area contributed by atoms with E-state index in [1.807, 2.05) is 19.9 Å². The molecule has 0 amide bonds. The van der Waals surface area contributed by atoms with Crippen molar-refractivity contribution in [3.05, 3.63) is 41.0 Å². The fourth-order valence-corrected chi connectivity index (χ4v) is 3.01. The van der Waals surface area contributed by atoms with Crippen molar-refractivity contribution in [2.24, 2.45) is 11.3 Å². The molecule has 0 saturated carbocycles. The maximum absolute atomic E-state index is 13.7. The fourth-order valence-electron chi connectivity index (χ4n) is 3.01. The summed E-state index contributed by atoms with van der Waals surface area (Å²) >= 11 is 0. The first-order valence-electron chi connectivity index (χ1n) is 8.05. The van der Waals surface area contributed by atoms with Crippen LogP contribution in [-0.2, 0) is 15.1 Å². The van der Waals surface area contributed by atoms with Crippen molar-refractivity contribution in [1.82, 2.24) is 4.98 Å². The smallest absolute Gasteiger partial charge is 0.178 e. The normalized spacial score (nSPS) is 22.0. The molecule has 4 nitrogen and oxygen atoms in total. The molecule has 0 radical (unpaired) electrons. The van der Waals surface area contributed by atoms with Crippen LogP contribution < -0.4 is 0 Å². The molecule has 0 saturated heterocycles. The number of Topliss-reactive ketones (excluding diaryl/α,β-unsaturated/α-hetero) is 1. The molecule has 1 aliphatic rings. The van der Waals surface area contributed by atoms with E-state index in [1.165, 1.54) is 19.3 Å². The van der Waals surface area contributed by atoms with Crippen molar-refractivity contribution in [2.75, 3.05) is 7.11 Å². The average Bonchev–Trinajstić information content (AvgIpc) is 2.55. The van der Waals surface area contributed by atoms with Crippen LogP contribution in [0.4, 0.5) is 4.39 Å². The topological polar surface area (TPSA) is 63.0 Å². The molecule has 0 aliphatic heterocycles. The Balaban J connectivity index is 2.74. The molecule has 1 aromatic rings. The van der Waals surface area contributed by atoms with Crippen molar-refractivity contribution in [2.45, 2.75) is 39.7 Å². The average molecular weight is 340 g/mol. The Labute approximate surface area is 147 Å². The number of nitrogens with zero attached hydrogens (tertiary/aromatic N) is 2. The van der Waals surface area contributed by atoms with Gasteiger partial charge in [0.05, 0.1) is 23.0 Å². The highest BCUT2D eigenvalue weighted by Crippen LogP contribution is 2.45. The predicted octanol–water partition coefficient (Wildman–Crippen LogP) is 3.52. The van der Waals surface area contributed by atoms with E-state index in [0.717, 1.165) is 6.20 Å². The van der Waals surface area contributed by atoms with Crippen LogP contribution in [-0.4, -0.2) is 17.9 Å². The Morgan fingerprint density at radius 3 is 2.64 bits per heavy atom. The molecular formula is C20H21FN2O2. The van der Waals surface area contributed by atoms with Crippen LogP contribution in [0.1, 0.15) is 45.4 Å². The maximum atomic E-state index is 13.7. The highest BCUT2D eigenvalue weighted by molar-refractivity contribution is 6.04. The minimum atomic E-state index is -1.11. The number of ether oxygens (including phenoxy) is 1. The van der Waals surface area contributed by atoms with E-state index in [-0.39, 0.29) is 23.7 Å². The predicted molar refractivity (Wildman–Crippen MR) is 91.7 cm³/mol. The van der Waals surface area contributed by atoms with Crippen molar-refractivity contribution in [3.8, 4) is 17.9 Å². The van der Waals surface area contributed by atoms with Gasteiger partial charge in [-0.3, -0.25) is 9.78 Å². The lowest BCUT2D eigenvalue weighted by atomic mass is 9.68. The molecule has 0 unspecified atom stereocenters. The first-order chi connectivity index (χ1) is 11.6. The van der Waals surface area contributed by atoms with E-state index in [9.17, 15) is 14.4 Å². The van der Waals surface area contributed by atoms with Crippen LogP contribution in [0.3, 0.4) is 0 Å². The van der Waals surface area contributed by atoms with Gasteiger partial charge < -0.3 is 4.74 Å². The zero-order chi connectivity index (χ0) is 18.8. The van der Waals surface area contributed by atoms with E-state index < -0.39 is 16.8 Å². The highest BCUT2D eigenvalue weighted by Gasteiger charge is 2.48. The molecule has 0 N–H and O–H groups in total. The van der Waals surface area contributed by atoms with E-state index in [4.69, 9.17) is 4.74 Å². The summed E-state index contributed by atoms with van der Waals surface area (Å²) in [6.45, 7) is 7.38. The molecular weight excluding hydrogens is 319 g/mol. The van der Waals surface area contributed by atoms with Crippen molar-refractivity contribution in [3.63, 3.8) is 0 Å². The SMILES string of the molecule is CO[C@]1(c2ncc(F)cc2C#CC(C)C)C=C(C#N)C(=O)C(C)(C)C1. The van der Waals surface area contributed by atoms with Crippen LogP contribution >= 0.6 is 0 Å². The molecule has 25 heavy (non-hydrogen) atoms. The number of pyridine rings is 1. The molecule has 130 valence electrons. The van der Waals surface area contributed by atoms with Gasteiger partial charge in [0.2, 0.25) is 0 Å². The second-order valence-electron chi connectivity index (χ2n) is 7.13. The number of halogens is 1. The quantitative estimate of drug-likeness (QED) is 0.773. The Morgan fingerprint density at radius 2 is 2.08 bits per heavy atom. The van der Waals surface area contributed by atoms with Crippen molar-refractivity contribution >= 4 is 5.78 Å². The zero-order valence-electron chi connectivity index (χ0n) is 15.1. The van der Waals surface area contributed by atoms with E-state index in [2.05, 4.69) is 16.8 Å². The van der Waals surface area contributed by atoms with Gasteiger partial charge in [0.1, 0.15) is 17.5 Å². The standard InChI is InChI=1S/C20H21FN2O2/c1-13(2)6-7-14-8-16(21)11-23-17(14)20(25-5)9-15(10-22)18(24)19(3,4)12-20/h8-9,11,13H,12H2,1-5H3/t20-/m1/s1. The molecule has 0 spiro atoms. The summed E-state index contributed by atoms with van der Waals surface area (Å²) in [5, 5.41) is 9.35. The minimum absolute atomic E-state index is 0.0204. The fraction of sp³-hybridized carbons (Fsp3) is 0.450. The molecule has 2 rings (SSSR count). The molecule has 5 heteroatoms. The van der Waals surface area contributed by atoms with Gasteiger partial charge in [-0.05, 0) is 18.6 Å². The van der Waals surface area contributed by atoms with Gasteiger partial charge in [-0.2, -0.15) is 5.26 Å². The Hall–Kier alpha value is -2.50. The van der Waals surface area contributed by atoms with Gasteiger partial charge in [0.25, 0.3) is 0 Å². The second-order valence-corrected chi connectivity index (χ2v) is 7.13. The highest BCUT2D eigenvalue weighted by atomic mass is 19.1. The Kier molecular flexibility index (Phi) is 5.11. The maximum Gasteiger partial charge on any atom is 0.178 e. The van der Waals surface area contributed by atoms with Crippen LogP contribution in [0.15, 0.2) is 23.9 Å². The summed E-state index contributed by atoms with van der Waals surface area (Å²) in [5.41, 5.74) is -1.09. The van der Waals surface area contributed by atoms with Gasteiger partial charge in [-0.1, -0.05) is 39.5 Å². The molecule has 1 aliphatic carbocycles. The summed E-state index contributed by atoms with van der Waals surface area (Å²) in [6.07, 6.45) is 2.87. The van der Waals surface area contributed by atoms with Gasteiger partial charge in [0, 0.05) is 18.4 Å². The summed E-state index contributed by atoms with van der Waals surface area (Å²) in [6, 6.07) is 3.25. The third-order valence-corrected chi connectivity index (χ3v) is 4.18. The largest absolute Gasteiger partial charge is 0.368 e. The number of hydrogen-bond acceptors (Lipinski definition) is 4. The minimum Gasteiger partial charge on any atom is -0.368 e. The van der Waals surface area contributed by atoms with E-state index >= 15 is 0 Å². The number of nitriles is 1. The lowest BCUT2D eigenvalue weighted by Crippen LogP contribution is -2.43. The second kappa shape index (κ2) is 6.78. The van der Waals surface area contributed by atoms with E-state index in [0.29, 0.717) is 11.3 Å². The first-order valence-corrected chi connectivity index (χ1v) is 8.05. The first kappa shape index (κ1) is 18.8. The molecule has 0 aromatic carbocycles. The Bertz CT molecular complexity index is 837.